The lowest BCUT2D eigenvalue weighted by atomic mass is 10.1. The predicted octanol–water partition coefficient (Wildman–Crippen LogP) is 4.06. The van der Waals surface area contributed by atoms with Crippen LogP contribution in [0.2, 0.25) is 5.02 Å². The van der Waals surface area contributed by atoms with E-state index in [2.05, 4.69) is 5.32 Å². The highest BCUT2D eigenvalue weighted by molar-refractivity contribution is 7.99. The van der Waals surface area contributed by atoms with Gasteiger partial charge in [-0.25, -0.2) is 9.59 Å². The zero-order chi connectivity index (χ0) is 20.0. The third-order valence-electron chi connectivity index (χ3n) is 3.74. The topological polar surface area (TPSA) is 86.7 Å². The molecule has 1 unspecified atom stereocenters. The average molecular weight is 407 g/mol. The maximum atomic E-state index is 12.6. The molecular formula is C19H19ClN2O4S. The van der Waals surface area contributed by atoms with Crippen molar-refractivity contribution in [2.75, 3.05) is 12.8 Å². The van der Waals surface area contributed by atoms with E-state index in [0.717, 1.165) is 15.5 Å². The van der Waals surface area contributed by atoms with E-state index >= 15 is 0 Å². The average Bonchev–Trinajstić information content (AvgIpc) is 2.65. The largest absolute Gasteiger partial charge is 0.479 e. The molecule has 0 saturated heterocycles. The van der Waals surface area contributed by atoms with Crippen LogP contribution in [0.15, 0.2) is 53.4 Å². The van der Waals surface area contributed by atoms with Crippen molar-refractivity contribution in [2.24, 2.45) is 0 Å². The number of rotatable bonds is 6. The first kappa shape index (κ1) is 20.8. The van der Waals surface area contributed by atoms with Gasteiger partial charge in [-0.1, -0.05) is 48.9 Å². The van der Waals surface area contributed by atoms with E-state index in [1.165, 1.54) is 7.05 Å². The van der Waals surface area contributed by atoms with Gasteiger partial charge in [0, 0.05) is 11.9 Å². The molecule has 0 aromatic heterocycles. The fraction of sp³-hybridized carbons (Fsp3) is 0.211. The van der Waals surface area contributed by atoms with E-state index in [4.69, 9.17) is 11.6 Å². The van der Waals surface area contributed by atoms with E-state index in [0.29, 0.717) is 5.56 Å². The minimum Gasteiger partial charge on any atom is -0.479 e. The van der Waals surface area contributed by atoms with Crippen LogP contribution in [0.1, 0.15) is 28.9 Å². The Kier molecular flexibility index (Phi) is 7.27. The summed E-state index contributed by atoms with van der Waals surface area (Å²) in [4.78, 5) is 38.2. The van der Waals surface area contributed by atoms with Gasteiger partial charge in [0.25, 0.3) is 5.91 Å². The van der Waals surface area contributed by atoms with Crippen molar-refractivity contribution in [3.63, 3.8) is 0 Å². The molecule has 1 atom stereocenters. The quantitative estimate of drug-likeness (QED) is 0.706. The van der Waals surface area contributed by atoms with Gasteiger partial charge in [-0.15, -0.1) is 11.8 Å². The van der Waals surface area contributed by atoms with Gasteiger partial charge >= 0.3 is 12.0 Å². The van der Waals surface area contributed by atoms with Crippen LogP contribution >= 0.6 is 23.4 Å². The number of hydrogen-bond donors (Lipinski definition) is 2. The van der Waals surface area contributed by atoms with E-state index in [1.807, 2.05) is 6.92 Å². The Labute approximate surface area is 166 Å². The molecule has 0 spiro atoms. The Bertz CT molecular complexity index is 845. The van der Waals surface area contributed by atoms with Crippen molar-refractivity contribution >= 4 is 41.3 Å². The molecule has 2 rings (SSSR count). The molecule has 0 aliphatic carbocycles. The summed E-state index contributed by atoms with van der Waals surface area (Å²) in [6, 6.07) is 11.1. The van der Waals surface area contributed by atoms with Crippen molar-refractivity contribution in [3.8, 4) is 0 Å². The monoisotopic (exact) mass is 406 g/mol. The number of carboxylic acids is 1. The number of carbonyl (C=O) groups is 3. The molecule has 0 radical (unpaired) electrons. The summed E-state index contributed by atoms with van der Waals surface area (Å²) < 4.78 is 0. The van der Waals surface area contributed by atoms with Gasteiger partial charge in [0.05, 0.1) is 10.6 Å². The fourth-order valence-electron chi connectivity index (χ4n) is 2.35. The van der Waals surface area contributed by atoms with Gasteiger partial charge in [-0.3, -0.25) is 9.69 Å². The van der Waals surface area contributed by atoms with E-state index in [1.54, 1.807) is 60.3 Å². The molecule has 2 aromatic carbocycles. The van der Waals surface area contributed by atoms with Crippen LogP contribution in [0, 0.1) is 0 Å². The summed E-state index contributed by atoms with van der Waals surface area (Å²) >= 11 is 7.75. The summed E-state index contributed by atoms with van der Waals surface area (Å²) in [5.74, 6) is -0.987. The smallest absolute Gasteiger partial charge is 0.330 e. The highest BCUT2D eigenvalue weighted by Crippen LogP contribution is 2.25. The number of amides is 3. The Balaban J connectivity index is 2.16. The van der Waals surface area contributed by atoms with Crippen LogP contribution in [-0.4, -0.2) is 40.7 Å². The second kappa shape index (κ2) is 9.43. The molecule has 2 N–H and O–H groups in total. The number of benzene rings is 2. The van der Waals surface area contributed by atoms with Gasteiger partial charge in [-0.2, -0.15) is 0 Å². The molecule has 142 valence electrons. The highest BCUT2D eigenvalue weighted by atomic mass is 35.5. The highest BCUT2D eigenvalue weighted by Gasteiger charge is 2.27. The van der Waals surface area contributed by atoms with Crippen LogP contribution in [0.25, 0.3) is 0 Å². The number of carboxylic acid groups (broad SMARTS) is 1. The third kappa shape index (κ3) is 5.24. The number of nitrogens with one attached hydrogen (secondary N) is 1. The SMILES string of the molecule is CCSc1ccc(C(=O)N(C)C(=O)NC(C(=O)O)c2ccccc2)c(Cl)c1. The second-order valence-corrected chi connectivity index (χ2v) is 7.31. The minimum atomic E-state index is -1.27. The summed E-state index contributed by atoms with van der Waals surface area (Å²) in [7, 11) is 1.27. The third-order valence-corrected chi connectivity index (χ3v) is 4.93. The minimum absolute atomic E-state index is 0.168. The molecule has 3 amide bonds. The van der Waals surface area contributed by atoms with Gasteiger partial charge in [0.15, 0.2) is 6.04 Å². The van der Waals surface area contributed by atoms with Crippen LogP contribution in [0.5, 0.6) is 0 Å². The number of nitrogens with zero attached hydrogens (tertiary/aromatic N) is 1. The standard InChI is InChI=1S/C19H19ClN2O4S/c1-3-27-13-9-10-14(15(20)11-13)17(23)22(2)19(26)21-16(18(24)25)12-7-5-4-6-8-12/h4-11,16H,3H2,1-2H3,(H,21,26)(H,24,25). The molecule has 6 nitrogen and oxygen atoms in total. The lowest BCUT2D eigenvalue weighted by Crippen LogP contribution is -2.44. The first-order chi connectivity index (χ1) is 12.8. The number of halogens is 1. The number of urea groups is 1. The summed E-state index contributed by atoms with van der Waals surface area (Å²) in [5, 5.41) is 12.0. The lowest BCUT2D eigenvalue weighted by molar-refractivity contribution is -0.139. The van der Waals surface area contributed by atoms with Gasteiger partial charge < -0.3 is 10.4 Å². The van der Waals surface area contributed by atoms with Crippen LogP contribution in [0.3, 0.4) is 0 Å². The van der Waals surface area contributed by atoms with Crippen molar-refractivity contribution in [1.82, 2.24) is 10.2 Å². The maximum Gasteiger partial charge on any atom is 0.330 e. The Morgan fingerprint density at radius 1 is 1.19 bits per heavy atom. The zero-order valence-corrected chi connectivity index (χ0v) is 16.4. The van der Waals surface area contributed by atoms with E-state index in [-0.39, 0.29) is 10.6 Å². The molecule has 8 heteroatoms. The predicted molar refractivity (Wildman–Crippen MR) is 105 cm³/mol. The van der Waals surface area contributed by atoms with Gasteiger partial charge in [-0.05, 0) is 29.5 Å². The van der Waals surface area contributed by atoms with Crippen LogP contribution < -0.4 is 5.32 Å². The van der Waals surface area contributed by atoms with Crippen molar-refractivity contribution in [1.29, 1.82) is 0 Å². The first-order valence-corrected chi connectivity index (χ1v) is 9.50. The molecule has 0 aliphatic heterocycles. The first-order valence-electron chi connectivity index (χ1n) is 8.13. The van der Waals surface area contributed by atoms with Crippen LogP contribution in [-0.2, 0) is 4.79 Å². The number of imide groups is 1. The van der Waals surface area contributed by atoms with Crippen LogP contribution in [0.4, 0.5) is 4.79 Å². The normalized spacial score (nSPS) is 11.5. The summed E-state index contributed by atoms with van der Waals surface area (Å²) in [6.45, 7) is 2.00. The summed E-state index contributed by atoms with van der Waals surface area (Å²) in [5.41, 5.74) is 0.569. The second-order valence-electron chi connectivity index (χ2n) is 5.57. The zero-order valence-electron chi connectivity index (χ0n) is 14.8. The maximum absolute atomic E-state index is 12.6. The van der Waals surface area contributed by atoms with Gasteiger partial charge in [0.1, 0.15) is 0 Å². The molecule has 2 aromatic rings. The van der Waals surface area contributed by atoms with Gasteiger partial charge in [0.2, 0.25) is 0 Å². The molecule has 0 aliphatic rings. The fourth-order valence-corrected chi connectivity index (χ4v) is 3.38. The molecule has 0 bridgehead atoms. The Morgan fingerprint density at radius 2 is 1.85 bits per heavy atom. The van der Waals surface area contributed by atoms with E-state index in [9.17, 15) is 19.5 Å². The Hall–Kier alpha value is -2.51. The number of aliphatic carboxylic acids is 1. The van der Waals surface area contributed by atoms with Crippen molar-refractivity contribution in [2.45, 2.75) is 17.9 Å². The molecule has 27 heavy (non-hydrogen) atoms. The molecular weight excluding hydrogens is 388 g/mol. The summed E-state index contributed by atoms with van der Waals surface area (Å²) in [6.07, 6.45) is 0. The van der Waals surface area contributed by atoms with Crippen molar-refractivity contribution in [3.05, 3.63) is 64.7 Å². The number of thioether (sulfide) groups is 1. The Morgan fingerprint density at radius 3 is 2.41 bits per heavy atom. The number of hydrogen-bond acceptors (Lipinski definition) is 4. The molecule has 0 heterocycles. The van der Waals surface area contributed by atoms with Crippen molar-refractivity contribution < 1.29 is 19.5 Å². The van der Waals surface area contributed by atoms with E-state index < -0.39 is 23.9 Å². The molecule has 0 fully saturated rings. The molecule has 0 saturated carbocycles. The lowest BCUT2D eigenvalue weighted by Gasteiger charge is -2.21. The number of carbonyl (C=O) groups excluding carboxylic acids is 2.